The van der Waals surface area contributed by atoms with Crippen molar-refractivity contribution < 1.29 is 4.84 Å². The van der Waals surface area contributed by atoms with Crippen LogP contribution < -0.4 is 0 Å². The highest BCUT2D eigenvalue weighted by molar-refractivity contribution is 5.63. The first-order valence-corrected chi connectivity index (χ1v) is 5.97. The first-order valence-electron chi connectivity index (χ1n) is 5.97. The molecular formula is C12H24N2O. The summed E-state index contributed by atoms with van der Waals surface area (Å²) in [5.74, 6) is 0. The summed E-state index contributed by atoms with van der Waals surface area (Å²) < 4.78 is 0. The molecule has 1 aliphatic rings. The van der Waals surface area contributed by atoms with Crippen LogP contribution >= 0.6 is 0 Å². The Labute approximate surface area is 93.5 Å². The van der Waals surface area contributed by atoms with E-state index in [0.717, 1.165) is 6.54 Å². The minimum absolute atomic E-state index is 0.116. The summed E-state index contributed by atoms with van der Waals surface area (Å²) >= 11 is 0. The fourth-order valence-electron chi connectivity index (χ4n) is 1.60. The second-order valence-corrected chi connectivity index (χ2v) is 5.34. The Morgan fingerprint density at radius 3 is 2.47 bits per heavy atom. The molecule has 0 amide bonds. The van der Waals surface area contributed by atoms with Gasteiger partial charge in [0.15, 0.2) is 0 Å². The van der Waals surface area contributed by atoms with Gasteiger partial charge in [0.2, 0.25) is 0 Å². The second kappa shape index (κ2) is 6.11. The van der Waals surface area contributed by atoms with Gasteiger partial charge in [-0.05, 0) is 25.9 Å². The van der Waals surface area contributed by atoms with Crippen molar-refractivity contribution in [3.8, 4) is 0 Å². The van der Waals surface area contributed by atoms with E-state index in [1.165, 1.54) is 32.4 Å². The van der Waals surface area contributed by atoms with Gasteiger partial charge in [0, 0.05) is 18.2 Å². The fraction of sp³-hybridized carbons (Fsp3) is 0.917. The number of rotatable bonds is 4. The molecule has 0 N–H and O–H groups in total. The summed E-state index contributed by atoms with van der Waals surface area (Å²) in [4.78, 5) is 7.69. The average Bonchev–Trinajstić information content (AvgIpc) is 2.17. The Hall–Kier alpha value is -0.570. The van der Waals surface area contributed by atoms with Crippen LogP contribution in [-0.4, -0.2) is 37.4 Å². The summed E-state index contributed by atoms with van der Waals surface area (Å²) in [5, 5.41) is 3.98. The summed E-state index contributed by atoms with van der Waals surface area (Å²) in [6.45, 7) is 10.5. The van der Waals surface area contributed by atoms with Gasteiger partial charge in [-0.25, -0.2) is 0 Å². The third-order valence-electron chi connectivity index (χ3n) is 2.46. The molecule has 0 aliphatic carbocycles. The van der Waals surface area contributed by atoms with Gasteiger partial charge in [0.25, 0.3) is 0 Å². The van der Waals surface area contributed by atoms with E-state index in [-0.39, 0.29) is 5.41 Å². The van der Waals surface area contributed by atoms with E-state index in [4.69, 9.17) is 4.84 Å². The monoisotopic (exact) mass is 212 g/mol. The Kier molecular flexibility index (Phi) is 5.09. The summed E-state index contributed by atoms with van der Waals surface area (Å²) in [6, 6.07) is 0. The molecule has 0 bridgehead atoms. The lowest BCUT2D eigenvalue weighted by molar-refractivity contribution is 0.102. The van der Waals surface area contributed by atoms with Crippen molar-refractivity contribution >= 4 is 6.21 Å². The second-order valence-electron chi connectivity index (χ2n) is 5.34. The van der Waals surface area contributed by atoms with Crippen molar-refractivity contribution in [3.05, 3.63) is 0 Å². The molecule has 1 saturated heterocycles. The lowest BCUT2D eigenvalue weighted by Gasteiger charge is -2.25. The average molecular weight is 212 g/mol. The van der Waals surface area contributed by atoms with Crippen LogP contribution in [0.15, 0.2) is 5.16 Å². The van der Waals surface area contributed by atoms with E-state index >= 15 is 0 Å². The van der Waals surface area contributed by atoms with E-state index in [9.17, 15) is 0 Å². The lowest BCUT2D eigenvalue weighted by atomic mass is 10.00. The highest BCUT2D eigenvalue weighted by Gasteiger charge is 2.09. The van der Waals surface area contributed by atoms with Gasteiger partial charge in [-0.3, -0.25) is 4.90 Å². The summed E-state index contributed by atoms with van der Waals surface area (Å²) in [6.07, 6.45) is 5.93. The van der Waals surface area contributed by atoms with Crippen molar-refractivity contribution in [2.45, 2.75) is 40.0 Å². The number of oxime groups is 1. The zero-order valence-electron chi connectivity index (χ0n) is 10.3. The molecule has 0 saturated carbocycles. The molecule has 0 radical (unpaired) electrons. The molecule has 0 aromatic rings. The van der Waals surface area contributed by atoms with Gasteiger partial charge in [-0.2, -0.15) is 0 Å². The standard InChI is InChI=1S/C12H24N2O/c1-12(2,3)11-13-15-10-9-14-7-5-4-6-8-14/h11H,4-10H2,1-3H3/b13-11+. The predicted octanol–water partition coefficient (Wildman–Crippen LogP) is 2.52. The molecule has 3 heteroatoms. The maximum absolute atomic E-state index is 5.24. The van der Waals surface area contributed by atoms with Crippen LogP contribution in [0, 0.1) is 5.41 Å². The molecule has 1 rings (SSSR count). The van der Waals surface area contributed by atoms with Crippen LogP contribution in [0.2, 0.25) is 0 Å². The fourth-order valence-corrected chi connectivity index (χ4v) is 1.60. The molecule has 0 spiro atoms. The number of nitrogens with zero attached hydrogens (tertiary/aromatic N) is 2. The number of hydrogen-bond acceptors (Lipinski definition) is 3. The quantitative estimate of drug-likeness (QED) is 0.406. The van der Waals surface area contributed by atoms with E-state index in [2.05, 4.69) is 30.8 Å². The zero-order valence-corrected chi connectivity index (χ0v) is 10.3. The lowest BCUT2D eigenvalue weighted by Crippen LogP contribution is -2.32. The largest absolute Gasteiger partial charge is 0.395 e. The van der Waals surface area contributed by atoms with Gasteiger partial charge >= 0.3 is 0 Å². The topological polar surface area (TPSA) is 24.8 Å². The summed E-state index contributed by atoms with van der Waals surface area (Å²) in [7, 11) is 0. The Bertz CT molecular complexity index is 190. The maximum atomic E-state index is 5.24. The molecule has 0 atom stereocenters. The molecule has 0 aromatic heterocycles. The Morgan fingerprint density at radius 1 is 1.20 bits per heavy atom. The van der Waals surface area contributed by atoms with Crippen LogP contribution in [0.1, 0.15) is 40.0 Å². The SMILES string of the molecule is CC(C)(C)/C=N/OCCN1CCCCC1. The van der Waals surface area contributed by atoms with Crippen molar-refractivity contribution in [3.63, 3.8) is 0 Å². The van der Waals surface area contributed by atoms with E-state index < -0.39 is 0 Å². The summed E-state index contributed by atoms with van der Waals surface area (Å²) in [5.41, 5.74) is 0.116. The van der Waals surface area contributed by atoms with Crippen molar-refractivity contribution in [2.24, 2.45) is 10.6 Å². The van der Waals surface area contributed by atoms with Crippen LogP contribution in [0.5, 0.6) is 0 Å². The van der Waals surface area contributed by atoms with Gasteiger partial charge < -0.3 is 4.84 Å². The number of likely N-dealkylation sites (tertiary alicyclic amines) is 1. The first-order chi connectivity index (χ1) is 7.08. The zero-order chi connectivity index (χ0) is 11.1. The molecule has 1 fully saturated rings. The minimum Gasteiger partial charge on any atom is -0.395 e. The molecule has 1 heterocycles. The van der Waals surface area contributed by atoms with Crippen LogP contribution in [-0.2, 0) is 4.84 Å². The molecule has 3 nitrogen and oxygen atoms in total. The Balaban J connectivity index is 2.03. The van der Waals surface area contributed by atoms with E-state index in [1.807, 2.05) is 6.21 Å². The molecular weight excluding hydrogens is 188 g/mol. The van der Waals surface area contributed by atoms with Gasteiger partial charge in [0.1, 0.15) is 6.61 Å². The van der Waals surface area contributed by atoms with Crippen LogP contribution in [0.4, 0.5) is 0 Å². The van der Waals surface area contributed by atoms with Gasteiger partial charge in [-0.15, -0.1) is 0 Å². The Morgan fingerprint density at radius 2 is 1.87 bits per heavy atom. The molecule has 15 heavy (non-hydrogen) atoms. The van der Waals surface area contributed by atoms with E-state index in [0.29, 0.717) is 6.61 Å². The highest BCUT2D eigenvalue weighted by atomic mass is 16.6. The molecule has 0 aromatic carbocycles. The number of hydrogen-bond donors (Lipinski definition) is 0. The van der Waals surface area contributed by atoms with Crippen molar-refractivity contribution in [1.29, 1.82) is 0 Å². The van der Waals surface area contributed by atoms with Gasteiger partial charge in [-0.1, -0.05) is 32.3 Å². The third kappa shape index (κ3) is 6.50. The van der Waals surface area contributed by atoms with Gasteiger partial charge in [0.05, 0.1) is 0 Å². The van der Waals surface area contributed by atoms with Crippen molar-refractivity contribution in [2.75, 3.05) is 26.2 Å². The molecule has 1 aliphatic heterocycles. The third-order valence-corrected chi connectivity index (χ3v) is 2.46. The smallest absolute Gasteiger partial charge is 0.129 e. The maximum Gasteiger partial charge on any atom is 0.129 e. The highest BCUT2D eigenvalue weighted by Crippen LogP contribution is 2.09. The molecule has 88 valence electrons. The normalized spacial score (nSPS) is 19.7. The molecule has 0 unspecified atom stereocenters. The first kappa shape index (κ1) is 12.5. The predicted molar refractivity (Wildman–Crippen MR) is 64.2 cm³/mol. The van der Waals surface area contributed by atoms with Crippen LogP contribution in [0.25, 0.3) is 0 Å². The minimum atomic E-state index is 0.116. The van der Waals surface area contributed by atoms with E-state index in [1.54, 1.807) is 0 Å². The van der Waals surface area contributed by atoms with Crippen LogP contribution in [0.3, 0.4) is 0 Å². The number of piperidine rings is 1. The van der Waals surface area contributed by atoms with Crippen molar-refractivity contribution in [1.82, 2.24) is 4.90 Å².